The number of thioether (sulfide) groups is 1. The summed E-state index contributed by atoms with van der Waals surface area (Å²) in [6, 6.07) is 12.3. The number of thiazole rings is 1. The quantitative estimate of drug-likeness (QED) is 0.440. The van der Waals surface area contributed by atoms with Crippen LogP contribution in [0.4, 0.5) is 21.5 Å². The third kappa shape index (κ3) is 7.50. The smallest absolute Gasteiger partial charge is 0.234 e. The summed E-state index contributed by atoms with van der Waals surface area (Å²) in [5, 5.41) is 9.89. The van der Waals surface area contributed by atoms with Gasteiger partial charge in [0.15, 0.2) is 4.34 Å². The first kappa shape index (κ1) is 22.4. The molecule has 0 saturated carbocycles. The Morgan fingerprint density at radius 3 is 2.06 bits per heavy atom. The molecule has 0 fully saturated rings. The summed E-state index contributed by atoms with van der Waals surface area (Å²) >= 11 is 2.64. The second-order valence-corrected chi connectivity index (χ2v) is 8.51. The molecule has 0 atom stereocenters. The lowest BCUT2D eigenvalue weighted by atomic mass is 10.3. The van der Waals surface area contributed by atoms with Gasteiger partial charge >= 0.3 is 0 Å². The number of nitrogens with one attached hydrogen (secondary N) is 3. The van der Waals surface area contributed by atoms with E-state index < -0.39 is 0 Å². The molecule has 0 unspecified atom stereocenters. The van der Waals surface area contributed by atoms with Crippen LogP contribution in [0.25, 0.3) is 0 Å². The number of amides is 3. The fourth-order valence-corrected chi connectivity index (χ4v) is 4.15. The number of aromatic nitrogens is 1. The van der Waals surface area contributed by atoms with Crippen molar-refractivity contribution >= 4 is 57.9 Å². The number of hydrogen-bond acceptors (Lipinski definition) is 6. The average Bonchev–Trinajstić information content (AvgIpc) is 3.16. The van der Waals surface area contributed by atoms with Crippen LogP contribution in [0.3, 0.4) is 0 Å². The molecular weight excluding hydrogens is 439 g/mol. The highest BCUT2D eigenvalue weighted by Gasteiger charge is 2.11. The zero-order valence-electron chi connectivity index (χ0n) is 16.5. The van der Waals surface area contributed by atoms with Crippen LogP contribution in [0.2, 0.25) is 0 Å². The van der Waals surface area contributed by atoms with Crippen molar-refractivity contribution in [2.24, 2.45) is 0 Å². The molecule has 0 aliphatic carbocycles. The van der Waals surface area contributed by atoms with Crippen molar-refractivity contribution in [2.45, 2.75) is 17.7 Å². The number of nitrogens with zero attached hydrogens (tertiary/aromatic N) is 1. The highest BCUT2D eigenvalue weighted by Crippen LogP contribution is 2.23. The van der Waals surface area contributed by atoms with Crippen molar-refractivity contribution in [3.05, 3.63) is 65.4 Å². The van der Waals surface area contributed by atoms with E-state index in [9.17, 15) is 18.8 Å². The Bertz CT molecular complexity index is 1070. The van der Waals surface area contributed by atoms with Crippen LogP contribution in [0.15, 0.2) is 58.3 Å². The van der Waals surface area contributed by atoms with E-state index in [1.54, 1.807) is 29.6 Å². The summed E-state index contributed by atoms with van der Waals surface area (Å²) in [4.78, 5) is 39.6. The van der Waals surface area contributed by atoms with Gasteiger partial charge in [-0.15, -0.1) is 11.3 Å². The van der Waals surface area contributed by atoms with Crippen molar-refractivity contribution in [2.75, 3.05) is 21.7 Å². The van der Waals surface area contributed by atoms with Crippen molar-refractivity contribution in [1.29, 1.82) is 0 Å². The second-order valence-electron chi connectivity index (χ2n) is 6.43. The molecule has 31 heavy (non-hydrogen) atoms. The molecule has 3 aromatic rings. The van der Waals surface area contributed by atoms with Crippen LogP contribution in [-0.4, -0.2) is 28.5 Å². The molecule has 2 aromatic carbocycles. The molecule has 3 amide bonds. The molecule has 0 aliphatic rings. The fraction of sp³-hybridized carbons (Fsp3) is 0.143. The van der Waals surface area contributed by atoms with Gasteiger partial charge in [0, 0.05) is 29.4 Å². The molecular formula is C21H19FN4O3S2. The molecule has 0 radical (unpaired) electrons. The molecule has 0 saturated heterocycles. The van der Waals surface area contributed by atoms with Gasteiger partial charge in [0.25, 0.3) is 0 Å². The minimum Gasteiger partial charge on any atom is -0.326 e. The summed E-state index contributed by atoms with van der Waals surface area (Å²) in [5.41, 5.74) is 2.38. The van der Waals surface area contributed by atoms with Gasteiger partial charge in [-0.05, 0) is 48.5 Å². The fourth-order valence-electron chi connectivity index (χ4n) is 2.50. The first-order chi connectivity index (χ1) is 14.9. The van der Waals surface area contributed by atoms with Crippen molar-refractivity contribution in [3.63, 3.8) is 0 Å². The maximum absolute atomic E-state index is 12.9. The number of benzene rings is 2. The van der Waals surface area contributed by atoms with Gasteiger partial charge < -0.3 is 16.0 Å². The zero-order chi connectivity index (χ0) is 22.2. The lowest BCUT2D eigenvalue weighted by Crippen LogP contribution is -2.15. The van der Waals surface area contributed by atoms with Gasteiger partial charge in [-0.2, -0.15) is 0 Å². The predicted molar refractivity (Wildman–Crippen MR) is 121 cm³/mol. The second kappa shape index (κ2) is 10.7. The largest absolute Gasteiger partial charge is 0.326 e. The normalized spacial score (nSPS) is 10.4. The third-order valence-corrected chi connectivity index (χ3v) is 5.89. The number of carbonyl (C=O) groups is 3. The number of carbonyl (C=O) groups excluding carboxylic acids is 3. The van der Waals surface area contributed by atoms with E-state index in [4.69, 9.17) is 0 Å². The number of anilines is 3. The number of halogens is 1. The monoisotopic (exact) mass is 458 g/mol. The number of hydrogen-bond donors (Lipinski definition) is 3. The van der Waals surface area contributed by atoms with E-state index in [0.717, 1.165) is 0 Å². The van der Waals surface area contributed by atoms with E-state index in [-0.39, 0.29) is 35.7 Å². The molecule has 3 rings (SSSR count). The van der Waals surface area contributed by atoms with Crippen LogP contribution >= 0.6 is 23.1 Å². The lowest BCUT2D eigenvalue weighted by molar-refractivity contribution is -0.116. The molecule has 3 N–H and O–H groups in total. The predicted octanol–water partition coefficient (Wildman–Crippen LogP) is 4.15. The first-order valence-corrected chi connectivity index (χ1v) is 11.0. The maximum Gasteiger partial charge on any atom is 0.234 e. The summed E-state index contributed by atoms with van der Waals surface area (Å²) in [7, 11) is 0. The van der Waals surface area contributed by atoms with Gasteiger partial charge in [-0.1, -0.05) is 11.8 Å². The first-order valence-electron chi connectivity index (χ1n) is 9.17. The van der Waals surface area contributed by atoms with Crippen molar-refractivity contribution < 1.29 is 18.8 Å². The highest BCUT2D eigenvalue weighted by atomic mass is 32.2. The van der Waals surface area contributed by atoms with E-state index in [1.165, 1.54) is 54.3 Å². The average molecular weight is 459 g/mol. The Morgan fingerprint density at radius 2 is 1.45 bits per heavy atom. The zero-order valence-corrected chi connectivity index (χ0v) is 18.1. The molecule has 0 spiro atoms. The minimum absolute atomic E-state index is 0.0846. The maximum atomic E-state index is 12.9. The van der Waals surface area contributed by atoms with Crippen LogP contribution in [0.1, 0.15) is 12.6 Å². The Hall–Kier alpha value is -3.24. The molecule has 0 aliphatic heterocycles. The molecule has 10 heteroatoms. The Labute approximate surface area is 186 Å². The summed E-state index contributed by atoms with van der Waals surface area (Å²) in [5.74, 6) is -0.812. The van der Waals surface area contributed by atoms with E-state index in [2.05, 4.69) is 20.9 Å². The van der Waals surface area contributed by atoms with E-state index >= 15 is 0 Å². The minimum atomic E-state index is -0.370. The van der Waals surface area contributed by atoms with Gasteiger partial charge in [-0.3, -0.25) is 14.4 Å². The standard InChI is InChI=1S/C21H19FN4O3S2/c1-13(27)23-15-6-8-17(9-7-15)25-20(29)12-31-21-26-18(11-30-21)10-19(28)24-16-4-2-14(22)3-5-16/h2-9,11H,10,12H2,1H3,(H,23,27)(H,24,28)(H,25,29). The van der Waals surface area contributed by atoms with Crippen LogP contribution in [0.5, 0.6) is 0 Å². The van der Waals surface area contributed by atoms with Gasteiger partial charge in [0.1, 0.15) is 5.82 Å². The van der Waals surface area contributed by atoms with Crippen molar-refractivity contribution in [1.82, 2.24) is 4.98 Å². The van der Waals surface area contributed by atoms with Gasteiger partial charge in [-0.25, -0.2) is 9.37 Å². The van der Waals surface area contributed by atoms with Crippen LogP contribution < -0.4 is 16.0 Å². The van der Waals surface area contributed by atoms with E-state index in [1.807, 2.05) is 0 Å². The Balaban J connectivity index is 1.44. The third-order valence-electron chi connectivity index (χ3n) is 3.82. The topological polar surface area (TPSA) is 100 Å². The molecule has 160 valence electrons. The van der Waals surface area contributed by atoms with Gasteiger partial charge in [0.2, 0.25) is 17.7 Å². The molecule has 1 aromatic heterocycles. The molecule has 0 bridgehead atoms. The summed E-state index contributed by atoms with van der Waals surface area (Å²) in [6.45, 7) is 1.43. The van der Waals surface area contributed by atoms with Crippen LogP contribution in [-0.2, 0) is 20.8 Å². The number of rotatable bonds is 8. The van der Waals surface area contributed by atoms with Crippen molar-refractivity contribution in [3.8, 4) is 0 Å². The SMILES string of the molecule is CC(=O)Nc1ccc(NC(=O)CSc2nc(CC(=O)Nc3ccc(F)cc3)cs2)cc1. The van der Waals surface area contributed by atoms with Gasteiger partial charge in [0.05, 0.1) is 17.9 Å². The molecule has 1 heterocycles. The summed E-state index contributed by atoms with van der Waals surface area (Å²) in [6.07, 6.45) is 0.0846. The summed E-state index contributed by atoms with van der Waals surface area (Å²) < 4.78 is 13.6. The highest BCUT2D eigenvalue weighted by molar-refractivity contribution is 8.01. The van der Waals surface area contributed by atoms with Crippen LogP contribution in [0, 0.1) is 5.82 Å². The molecule has 7 nitrogen and oxygen atoms in total. The Kier molecular flexibility index (Phi) is 7.74. The van der Waals surface area contributed by atoms with E-state index in [0.29, 0.717) is 27.1 Å². The Morgan fingerprint density at radius 1 is 0.903 bits per heavy atom. The lowest BCUT2D eigenvalue weighted by Gasteiger charge is -2.06.